The van der Waals surface area contributed by atoms with Gasteiger partial charge in [0.1, 0.15) is 0 Å². The van der Waals surface area contributed by atoms with Gasteiger partial charge in [-0.15, -0.1) is 0 Å². The number of nitrogens with one attached hydrogen (secondary N) is 1. The van der Waals surface area contributed by atoms with Crippen molar-refractivity contribution in [3.05, 3.63) is 58.1 Å². The van der Waals surface area contributed by atoms with Crippen LogP contribution in [0.3, 0.4) is 0 Å². The molecule has 0 saturated carbocycles. The Bertz CT molecular complexity index is 1000. The first kappa shape index (κ1) is 20.7. The molecule has 27 heavy (non-hydrogen) atoms. The summed E-state index contributed by atoms with van der Waals surface area (Å²) in [6.45, 7) is 1.78. The van der Waals surface area contributed by atoms with Gasteiger partial charge in [-0.3, -0.25) is 9.10 Å². The van der Waals surface area contributed by atoms with Crippen molar-refractivity contribution in [3.8, 4) is 0 Å². The Balaban J connectivity index is 2.30. The first-order chi connectivity index (χ1) is 12.5. The van der Waals surface area contributed by atoms with Gasteiger partial charge >= 0.3 is 5.97 Å². The number of nitrogens with zero attached hydrogens (tertiary/aromatic N) is 1. The summed E-state index contributed by atoms with van der Waals surface area (Å²) in [5, 5.41) is 2.80. The number of amides is 1. The summed E-state index contributed by atoms with van der Waals surface area (Å²) < 4.78 is 29.0. The maximum Gasteiger partial charge on any atom is 0.337 e. The fourth-order valence-electron chi connectivity index (χ4n) is 2.27. The molecular formula is C18H19ClN2O5S. The number of esters is 1. The van der Waals surface area contributed by atoms with Gasteiger partial charge in [-0.2, -0.15) is 0 Å². The molecule has 2 aromatic rings. The van der Waals surface area contributed by atoms with E-state index in [0.29, 0.717) is 16.9 Å². The van der Waals surface area contributed by atoms with E-state index in [0.717, 1.165) is 16.1 Å². The maximum atomic E-state index is 12.6. The molecule has 1 N–H and O–H groups in total. The topological polar surface area (TPSA) is 92.8 Å². The molecule has 0 bridgehead atoms. The van der Waals surface area contributed by atoms with Gasteiger partial charge in [-0.05, 0) is 42.8 Å². The van der Waals surface area contributed by atoms with Crippen molar-refractivity contribution < 1.29 is 22.7 Å². The van der Waals surface area contributed by atoms with Crippen LogP contribution in [0.15, 0.2) is 36.4 Å². The fraction of sp³-hybridized carbons (Fsp3) is 0.222. The van der Waals surface area contributed by atoms with Crippen LogP contribution in [0.4, 0.5) is 11.4 Å². The molecule has 0 spiro atoms. The van der Waals surface area contributed by atoms with Crippen LogP contribution < -0.4 is 9.62 Å². The number of aryl methyl sites for hydroxylation is 1. The SMILES string of the molecule is COC(=O)c1ccc(C)c(NC(=O)c2ccc(N(C)S(C)(=O)=O)cc2Cl)c1. The number of benzene rings is 2. The first-order valence-electron chi connectivity index (χ1n) is 7.78. The Labute approximate surface area is 162 Å². The normalized spacial score (nSPS) is 11.0. The summed E-state index contributed by atoms with van der Waals surface area (Å²) in [5.74, 6) is -1.00. The highest BCUT2D eigenvalue weighted by molar-refractivity contribution is 7.92. The highest BCUT2D eigenvalue weighted by Gasteiger charge is 2.17. The van der Waals surface area contributed by atoms with Crippen molar-refractivity contribution >= 4 is 44.9 Å². The first-order valence-corrected chi connectivity index (χ1v) is 10.0. The number of methoxy groups -OCH3 is 1. The number of ether oxygens (including phenoxy) is 1. The molecule has 0 unspecified atom stereocenters. The minimum Gasteiger partial charge on any atom is -0.465 e. The molecule has 0 aliphatic carbocycles. The third kappa shape index (κ3) is 4.78. The fourth-order valence-corrected chi connectivity index (χ4v) is 3.02. The minimum absolute atomic E-state index is 0.0993. The van der Waals surface area contributed by atoms with Gasteiger partial charge in [-0.1, -0.05) is 17.7 Å². The molecule has 0 aromatic heterocycles. The Hall–Kier alpha value is -2.58. The predicted molar refractivity (Wildman–Crippen MR) is 105 cm³/mol. The molecule has 0 fully saturated rings. The van der Waals surface area contributed by atoms with Crippen LogP contribution in [0, 0.1) is 6.92 Å². The Kier molecular flexibility index (Phi) is 6.12. The molecule has 0 aliphatic rings. The summed E-state index contributed by atoms with van der Waals surface area (Å²) in [5.41, 5.74) is 2.00. The van der Waals surface area contributed by atoms with Crippen LogP contribution in [0.1, 0.15) is 26.3 Å². The van der Waals surface area contributed by atoms with Crippen LogP contribution in [0.5, 0.6) is 0 Å². The van der Waals surface area contributed by atoms with Crippen LogP contribution in [-0.4, -0.2) is 40.7 Å². The minimum atomic E-state index is -3.45. The largest absolute Gasteiger partial charge is 0.465 e. The maximum absolute atomic E-state index is 12.6. The lowest BCUT2D eigenvalue weighted by molar-refractivity contribution is 0.0600. The van der Waals surface area contributed by atoms with Gasteiger partial charge in [0, 0.05) is 12.7 Å². The molecule has 2 rings (SSSR count). The van der Waals surface area contributed by atoms with E-state index in [1.165, 1.54) is 38.4 Å². The van der Waals surface area contributed by atoms with E-state index in [1.54, 1.807) is 19.1 Å². The summed E-state index contributed by atoms with van der Waals surface area (Å²) in [7, 11) is -0.781. The summed E-state index contributed by atoms with van der Waals surface area (Å²) in [6, 6.07) is 9.12. The molecule has 0 saturated heterocycles. The number of rotatable bonds is 5. The molecule has 144 valence electrons. The monoisotopic (exact) mass is 410 g/mol. The van der Waals surface area contributed by atoms with E-state index >= 15 is 0 Å². The smallest absolute Gasteiger partial charge is 0.337 e. The van der Waals surface area contributed by atoms with Gasteiger partial charge in [0.2, 0.25) is 10.0 Å². The van der Waals surface area contributed by atoms with Gasteiger partial charge in [0.15, 0.2) is 0 Å². The zero-order valence-corrected chi connectivity index (χ0v) is 16.8. The number of sulfonamides is 1. The standard InChI is InChI=1S/C18H19ClN2O5S/c1-11-5-6-12(18(23)26-3)9-16(11)20-17(22)14-8-7-13(10-15(14)19)21(2)27(4,24)25/h5-10H,1-4H3,(H,20,22). The molecule has 0 radical (unpaired) electrons. The zero-order valence-electron chi connectivity index (χ0n) is 15.2. The summed E-state index contributed by atoms with van der Waals surface area (Å²) in [4.78, 5) is 24.2. The van der Waals surface area contributed by atoms with Crippen LogP contribution >= 0.6 is 11.6 Å². The number of carbonyl (C=O) groups excluding carboxylic acids is 2. The Morgan fingerprint density at radius 1 is 1.15 bits per heavy atom. The van der Waals surface area contributed by atoms with Gasteiger partial charge in [-0.25, -0.2) is 13.2 Å². The van der Waals surface area contributed by atoms with Crippen LogP contribution in [0.25, 0.3) is 0 Å². The van der Waals surface area contributed by atoms with Gasteiger partial charge in [0.25, 0.3) is 5.91 Å². The van der Waals surface area contributed by atoms with E-state index in [-0.39, 0.29) is 10.6 Å². The average molecular weight is 411 g/mol. The quantitative estimate of drug-likeness (QED) is 0.764. The average Bonchev–Trinajstić information content (AvgIpc) is 2.61. The molecule has 9 heteroatoms. The third-order valence-electron chi connectivity index (χ3n) is 3.97. The molecule has 1 amide bonds. The lowest BCUT2D eigenvalue weighted by Crippen LogP contribution is -2.25. The Morgan fingerprint density at radius 2 is 1.81 bits per heavy atom. The second kappa shape index (κ2) is 7.98. The van der Waals surface area contributed by atoms with Gasteiger partial charge in [0.05, 0.1) is 35.2 Å². The van der Waals surface area contributed by atoms with E-state index in [1.807, 2.05) is 0 Å². The van der Waals surface area contributed by atoms with Crippen molar-refractivity contribution in [2.75, 3.05) is 30.0 Å². The molecule has 7 nitrogen and oxygen atoms in total. The molecule has 0 atom stereocenters. The van der Waals surface area contributed by atoms with E-state index in [2.05, 4.69) is 10.1 Å². The molecule has 0 aliphatic heterocycles. The number of anilines is 2. The Morgan fingerprint density at radius 3 is 2.37 bits per heavy atom. The predicted octanol–water partition coefficient (Wildman–Crippen LogP) is 3.08. The van der Waals surface area contributed by atoms with Crippen molar-refractivity contribution in [2.45, 2.75) is 6.92 Å². The number of halogens is 1. The van der Waals surface area contributed by atoms with E-state index in [9.17, 15) is 18.0 Å². The van der Waals surface area contributed by atoms with Gasteiger partial charge < -0.3 is 10.1 Å². The van der Waals surface area contributed by atoms with Crippen molar-refractivity contribution in [2.24, 2.45) is 0 Å². The van der Waals surface area contributed by atoms with E-state index in [4.69, 9.17) is 11.6 Å². The lowest BCUT2D eigenvalue weighted by atomic mass is 10.1. The number of hydrogen-bond donors (Lipinski definition) is 1. The lowest BCUT2D eigenvalue weighted by Gasteiger charge is -2.17. The van der Waals surface area contributed by atoms with Crippen molar-refractivity contribution in [3.63, 3.8) is 0 Å². The number of carbonyl (C=O) groups is 2. The van der Waals surface area contributed by atoms with E-state index < -0.39 is 21.9 Å². The second-order valence-corrected chi connectivity index (χ2v) is 8.29. The third-order valence-corrected chi connectivity index (χ3v) is 5.48. The molecule has 2 aromatic carbocycles. The van der Waals surface area contributed by atoms with Crippen LogP contribution in [-0.2, 0) is 14.8 Å². The van der Waals surface area contributed by atoms with Crippen molar-refractivity contribution in [1.29, 1.82) is 0 Å². The number of hydrogen-bond acceptors (Lipinski definition) is 5. The summed E-state index contributed by atoms with van der Waals surface area (Å²) in [6.07, 6.45) is 1.07. The second-order valence-electron chi connectivity index (χ2n) is 5.87. The van der Waals surface area contributed by atoms with Crippen molar-refractivity contribution in [1.82, 2.24) is 0 Å². The molecular weight excluding hydrogens is 392 g/mol. The summed E-state index contributed by atoms with van der Waals surface area (Å²) >= 11 is 6.17. The highest BCUT2D eigenvalue weighted by Crippen LogP contribution is 2.26. The van der Waals surface area contributed by atoms with Crippen LogP contribution in [0.2, 0.25) is 5.02 Å². The highest BCUT2D eigenvalue weighted by atomic mass is 35.5. The molecule has 0 heterocycles. The zero-order chi connectivity index (χ0) is 20.4.